The molecule has 1 atom stereocenters. The van der Waals surface area contributed by atoms with Crippen LogP contribution in [0.2, 0.25) is 0 Å². The third-order valence-electron chi connectivity index (χ3n) is 6.27. The number of hydrogen-bond donors (Lipinski definition) is 1. The molecule has 0 spiro atoms. The number of piperazine rings is 1. The second kappa shape index (κ2) is 7.54. The van der Waals surface area contributed by atoms with E-state index in [1.165, 1.54) is 5.56 Å². The first-order valence-corrected chi connectivity index (χ1v) is 10.2. The maximum absolute atomic E-state index is 12.7. The van der Waals surface area contributed by atoms with Crippen LogP contribution in [0.3, 0.4) is 0 Å². The van der Waals surface area contributed by atoms with Crippen LogP contribution in [0, 0.1) is 5.92 Å². The molecule has 0 radical (unpaired) electrons. The van der Waals surface area contributed by atoms with E-state index in [1.807, 2.05) is 6.07 Å². The highest BCUT2D eigenvalue weighted by molar-refractivity contribution is 6.09. The van der Waals surface area contributed by atoms with Crippen LogP contribution in [-0.4, -0.2) is 77.4 Å². The zero-order valence-electron chi connectivity index (χ0n) is 16.4. The van der Waals surface area contributed by atoms with Crippen LogP contribution in [-0.2, 0) is 16.0 Å². The quantitative estimate of drug-likeness (QED) is 0.746. The van der Waals surface area contributed by atoms with Gasteiger partial charge in [-0.25, -0.2) is 4.79 Å². The van der Waals surface area contributed by atoms with Gasteiger partial charge in [0.1, 0.15) is 12.1 Å². The van der Waals surface area contributed by atoms with E-state index in [0.717, 1.165) is 43.8 Å². The van der Waals surface area contributed by atoms with Crippen molar-refractivity contribution >= 4 is 17.8 Å². The summed E-state index contributed by atoms with van der Waals surface area (Å²) in [6, 6.07) is 9.95. The molecule has 28 heavy (non-hydrogen) atoms. The van der Waals surface area contributed by atoms with Gasteiger partial charge in [0.2, 0.25) is 5.91 Å². The molecule has 2 saturated heterocycles. The number of nitrogens with one attached hydrogen (secondary N) is 1. The van der Waals surface area contributed by atoms with Crippen LogP contribution in [0.15, 0.2) is 30.3 Å². The molecule has 1 N–H and O–H groups in total. The van der Waals surface area contributed by atoms with Crippen molar-refractivity contribution in [3.05, 3.63) is 35.9 Å². The largest absolute Gasteiger partial charge is 0.339 e. The third-order valence-corrected chi connectivity index (χ3v) is 6.27. The van der Waals surface area contributed by atoms with Crippen LogP contribution in [0.4, 0.5) is 4.79 Å². The molecule has 0 aromatic heterocycles. The lowest BCUT2D eigenvalue weighted by atomic mass is 9.96. The molecule has 1 aromatic rings. The summed E-state index contributed by atoms with van der Waals surface area (Å²) in [7, 11) is 0. The lowest BCUT2D eigenvalue weighted by Gasteiger charge is -2.35. The van der Waals surface area contributed by atoms with Crippen molar-refractivity contribution in [3.8, 4) is 0 Å². The van der Waals surface area contributed by atoms with Gasteiger partial charge in [-0.1, -0.05) is 30.3 Å². The Bertz CT molecular complexity index is 756. The number of benzene rings is 1. The zero-order chi connectivity index (χ0) is 19.7. The molecule has 7 nitrogen and oxygen atoms in total. The third kappa shape index (κ3) is 3.76. The maximum Gasteiger partial charge on any atom is 0.325 e. The zero-order valence-corrected chi connectivity index (χ0v) is 16.4. The highest BCUT2D eigenvalue weighted by Gasteiger charge is 2.56. The van der Waals surface area contributed by atoms with Gasteiger partial charge >= 0.3 is 6.03 Å². The lowest BCUT2D eigenvalue weighted by Crippen LogP contribution is -2.52. The second-order valence-corrected chi connectivity index (χ2v) is 8.26. The highest BCUT2D eigenvalue weighted by Crippen LogP contribution is 2.42. The van der Waals surface area contributed by atoms with Gasteiger partial charge in [0.25, 0.3) is 5.91 Å². The van der Waals surface area contributed by atoms with Gasteiger partial charge in [0, 0.05) is 32.7 Å². The van der Waals surface area contributed by atoms with Crippen molar-refractivity contribution in [3.63, 3.8) is 0 Å². The van der Waals surface area contributed by atoms with Crippen molar-refractivity contribution in [1.29, 1.82) is 0 Å². The number of urea groups is 1. The van der Waals surface area contributed by atoms with Gasteiger partial charge in [-0.3, -0.25) is 19.4 Å². The Morgan fingerprint density at radius 2 is 1.79 bits per heavy atom. The molecule has 4 rings (SSSR count). The van der Waals surface area contributed by atoms with E-state index in [9.17, 15) is 14.4 Å². The summed E-state index contributed by atoms with van der Waals surface area (Å²) < 4.78 is 0. The van der Waals surface area contributed by atoms with E-state index >= 15 is 0 Å². The Morgan fingerprint density at radius 3 is 2.43 bits per heavy atom. The van der Waals surface area contributed by atoms with E-state index in [0.29, 0.717) is 13.1 Å². The molecule has 3 aliphatic rings. The Morgan fingerprint density at radius 1 is 1.11 bits per heavy atom. The van der Waals surface area contributed by atoms with Gasteiger partial charge < -0.3 is 10.2 Å². The molecular weight excluding hydrogens is 356 g/mol. The SMILES string of the molecule is CC1(C2CC2)NC(=O)N(CC(=O)N2CCN(CCc3ccccc3)CC2)C1=O. The van der Waals surface area contributed by atoms with Crippen molar-refractivity contribution < 1.29 is 14.4 Å². The Kier molecular flexibility index (Phi) is 5.10. The van der Waals surface area contributed by atoms with E-state index in [1.54, 1.807) is 11.8 Å². The molecule has 2 aliphatic heterocycles. The Hall–Kier alpha value is -2.41. The Labute approximate surface area is 165 Å². The summed E-state index contributed by atoms with van der Waals surface area (Å²) in [6.45, 7) is 5.50. The normalized spacial score (nSPS) is 25.9. The summed E-state index contributed by atoms with van der Waals surface area (Å²) in [5.41, 5.74) is 0.492. The van der Waals surface area contributed by atoms with E-state index in [-0.39, 0.29) is 24.3 Å². The van der Waals surface area contributed by atoms with Crippen LogP contribution in [0.5, 0.6) is 0 Å². The molecule has 150 valence electrons. The number of rotatable bonds is 6. The average molecular weight is 384 g/mol. The molecular formula is C21H28N4O3. The fourth-order valence-corrected chi connectivity index (χ4v) is 4.18. The molecule has 0 bridgehead atoms. The molecule has 2 heterocycles. The monoisotopic (exact) mass is 384 g/mol. The number of carbonyl (C=O) groups is 3. The lowest BCUT2D eigenvalue weighted by molar-refractivity contribution is -0.140. The molecule has 1 aliphatic carbocycles. The predicted octanol–water partition coefficient (Wildman–Crippen LogP) is 1.09. The van der Waals surface area contributed by atoms with E-state index < -0.39 is 11.6 Å². The molecule has 1 unspecified atom stereocenters. The standard InChI is InChI=1S/C21H28N4O3/c1-21(17-7-8-17)19(27)25(20(28)22-21)15-18(26)24-13-11-23(12-14-24)10-9-16-5-3-2-4-6-16/h2-6,17H,7-15H2,1H3,(H,22,28). The average Bonchev–Trinajstić information content (AvgIpc) is 3.53. The first-order valence-electron chi connectivity index (χ1n) is 10.2. The first kappa shape index (κ1) is 18.9. The van der Waals surface area contributed by atoms with Gasteiger partial charge in [-0.05, 0) is 37.7 Å². The fourth-order valence-electron chi connectivity index (χ4n) is 4.18. The van der Waals surface area contributed by atoms with Crippen LogP contribution >= 0.6 is 0 Å². The first-order chi connectivity index (χ1) is 13.5. The van der Waals surface area contributed by atoms with Crippen LogP contribution in [0.25, 0.3) is 0 Å². The minimum absolute atomic E-state index is 0.147. The van der Waals surface area contributed by atoms with Crippen LogP contribution < -0.4 is 5.32 Å². The number of hydrogen-bond acceptors (Lipinski definition) is 4. The molecule has 3 fully saturated rings. The summed E-state index contributed by atoms with van der Waals surface area (Å²) in [4.78, 5) is 42.8. The number of carbonyl (C=O) groups excluding carboxylic acids is 3. The van der Waals surface area contributed by atoms with E-state index in [2.05, 4.69) is 34.5 Å². The minimum atomic E-state index is -0.826. The van der Waals surface area contributed by atoms with Crippen molar-refractivity contribution in [2.75, 3.05) is 39.3 Å². The summed E-state index contributed by atoms with van der Waals surface area (Å²) in [5, 5.41) is 2.80. The molecule has 1 aromatic carbocycles. The molecule has 7 heteroatoms. The highest BCUT2D eigenvalue weighted by atomic mass is 16.2. The summed E-state index contributed by atoms with van der Waals surface area (Å²) >= 11 is 0. The van der Waals surface area contributed by atoms with Crippen molar-refractivity contribution in [2.45, 2.75) is 31.7 Å². The summed E-state index contributed by atoms with van der Waals surface area (Å²) in [5.74, 6) is -0.196. The number of nitrogens with zero attached hydrogens (tertiary/aromatic N) is 3. The Balaban J connectivity index is 1.25. The minimum Gasteiger partial charge on any atom is -0.339 e. The number of amides is 4. The predicted molar refractivity (Wildman–Crippen MR) is 105 cm³/mol. The van der Waals surface area contributed by atoms with Crippen molar-refractivity contribution in [1.82, 2.24) is 20.0 Å². The van der Waals surface area contributed by atoms with Gasteiger partial charge in [0.15, 0.2) is 0 Å². The fraction of sp³-hybridized carbons (Fsp3) is 0.571. The summed E-state index contributed by atoms with van der Waals surface area (Å²) in [6.07, 6.45) is 2.90. The second-order valence-electron chi connectivity index (χ2n) is 8.26. The smallest absolute Gasteiger partial charge is 0.325 e. The van der Waals surface area contributed by atoms with E-state index in [4.69, 9.17) is 0 Å². The number of imide groups is 1. The van der Waals surface area contributed by atoms with Crippen LogP contribution in [0.1, 0.15) is 25.3 Å². The molecule has 4 amide bonds. The van der Waals surface area contributed by atoms with Gasteiger partial charge in [0.05, 0.1) is 0 Å². The topological polar surface area (TPSA) is 73.0 Å². The van der Waals surface area contributed by atoms with Gasteiger partial charge in [-0.15, -0.1) is 0 Å². The molecule has 1 saturated carbocycles. The van der Waals surface area contributed by atoms with Gasteiger partial charge in [-0.2, -0.15) is 0 Å². The maximum atomic E-state index is 12.7. The van der Waals surface area contributed by atoms with Crippen molar-refractivity contribution in [2.24, 2.45) is 5.92 Å².